The Balaban J connectivity index is 2.57. The van der Waals surface area contributed by atoms with E-state index in [-0.39, 0.29) is 6.61 Å². The molecule has 1 heterocycles. The Hall–Kier alpha value is -1.95. The van der Waals surface area contributed by atoms with Gasteiger partial charge >= 0.3 is 5.97 Å². The molecule has 0 spiro atoms. The van der Waals surface area contributed by atoms with E-state index in [1.807, 2.05) is 0 Å². The number of nitrogens with zero attached hydrogens (tertiary/aromatic N) is 2. The number of pyridine rings is 1. The molecule has 0 bridgehead atoms. The largest absolute Gasteiger partial charge is 0.456 e. The Morgan fingerprint density at radius 1 is 1.53 bits per heavy atom. The van der Waals surface area contributed by atoms with Crippen LogP contribution in [-0.4, -0.2) is 23.5 Å². The number of nitrogens with two attached hydrogens (primary N) is 1. The summed E-state index contributed by atoms with van der Waals surface area (Å²) in [4.78, 5) is 25.7. The van der Waals surface area contributed by atoms with Gasteiger partial charge in [0.1, 0.15) is 5.82 Å². The molecule has 6 heteroatoms. The van der Waals surface area contributed by atoms with Crippen molar-refractivity contribution in [2.24, 2.45) is 5.84 Å². The number of hydrogen-bond donors (Lipinski definition) is 1. The number of carbonyl (C=O) groups excluding carboxylic acids is 2. The highest BCUT2D eigenvalue weighted by Gasteiger charge is 2.13. The zero-order chi connectivity index (χ0) is 11.3. The molecule has 6 nitrogen and oxygen atoms in total. The number of esters is 1. The molecule has 0 unspecified atom stereocenters. The minimum Gasteiger partial charge on any atom is -0.456 e. The zero-order valence-electron chi connectivity index (χ0n) is 8.21. The molecule has 0 saturated carbocycles. The first-order chi connectivity index (χ1) is 7.11. The highest BCUT2D eigenvalue weighted by molar-refractivity contribution is 5.93. The van der Waals surface area contributed by atoms with Gasteiger partial charge in [-0.15, -0.1) is 0 Å². The van der Waals surface area contributed by atoms with Crippen molar-refractivity contribution in [3.63, 3.8) is 0 Å². The summed E-state index contributed by atoms with van der Waals surface area (Å²) in [5.41, 5.74) is 0. The van der Waals surface area contributed by atoms with Crippen molar-refractivity contribution in [2.45, 2.75) is 6.92 Å². The van der Waals surface area contributed by atoms with Crippen LogP contribution in [0.2, 0.25) is 0 Å². The number of hydrogen-bond acceptors (Lipinski definition) is 5. The third-order valence-corrected chi connectivity index (χ3v) is 1.56. The highest BCUT2D eigenvalue weighted by atomic mass is 16.5. The standard InChI is InChI=1S/C9H11N3O3/c1-7(13)15-6-9(14)12(10)8-4-2-3-5-11-8/h2-5H,6,10H2,1H3. The third-order valence-electron chi connectivity index (χ3n) is 1.56. The molecule has 0 aliphatic heterocycles. The Kier molecular flexibility index (Phi) is 3.75. The van der Waals surface area contributed by atoms with Crippen LogP contribution in [0.4, 0.5) is 5.82 Å². The van der Waals surface area contributed by atoms with Gasteiger partial charge < -0.3 is 4.74 Å². The minimum absolute atomic E-state index is 0.301. The maximum Gasteiger partial charge on any atom is 0.303 e. The SMILES string of the molecule is CC(=O)OCC(=O)N(N)c1ccccn1. The summed E-state index contributed by atoms with van der Waals surface area (Å²) in [6, 6.07) is 4.97. The summed E-state index contributed by atoms with van der Waals surface area (Å²) in [6.07, 6.45) is 1.51. The van der Waals surface area contributed by atoms with Crippen LogP contribution in [0.5, 0.6) is 0 Å². The second-order valence-electron chi connectivity index (χ2n) is 2.73. The van der Waals surface area contributed by atoms with Crippen LogP contribution in [0.3, 0.4) is 0 Å². The van der Waals surface area contributed by atoms with E-state index in [4.69, 9.17) is 5.84 Å². The van der Waals surface area contributed by atoms with Crippen LogP contribution in [-0.2, 0) is 14.3 Å². The Morgan fingerprint density at radius 3 is 2.80 bits per heavy atom. The Labute approximate surface area is 86.6 Å². The van der Waals surface area contributed by atoms with E-state index in [2.05, 4.69) is 9.72 Å². The van der Waals surface area contributed by atoms with Gasteiger partial charge in [0.2, 0.25) is 0 Å². The molecule has 1 amide bonds. The fourth-order valence-corrected chi connectivity index (χ4v) is 0.857. The average molecular weight is 209 g/mol. The van der Waals surface area contributed by atoms with Crippen LogP contribution < -0.4 is 10.9 Å². The molecule has 0 radical (unpaired) electrons. The molecule has 2 N–H and O–H groups in total. The lowest BCUT2D eigenvalue weighted by atomic mass is 10.4. The number of hydrazine groups is 1. The molecular formula is C9H11N3O3. The summed E-state index contributed by atoms with van der Waals surface area (Å²) in [5, 5.41) is 0.836. The normalized spacial score (nSPS) is 9.47. The molecule has 0 aliphatic rings. The molecule has 0 aromatic carbocycles. The van der Waals surface area contributed by atoms with E-state index in [9.17, 15) is 9.59 Å². The Bertz CT molecular complexity index is 353. The molecule has 0 saturated heterocycles. The lowest BCUT2D eigenvalue weighted by molar-refractivity contribution is -0.145. The summed E-state index contributed by atoms with van der Waals surface area (Å²) in [5.74, 6) is 4.69. The molecule has 1 rings (SSSR count). The second-order valence-corrected chi connectivity index (χ2v) is 2.73. The molecule has 0 aliphatic carbocycles. The van der Waals surface area contributed by atoms with Crippen molar-refractivity contribution in [1.82, 2.24) is 4.98 Å². The van der Waals surface area contributed by atoms with Gasteiger partial charge in [-0.2, -0.15) is 0 Å². The van der Waals surface area contributed by atoms with E-state index in [0.717, 1.165) is 5.01 Å². The van der Waals surface area contributed by atoms with Crippen molar-refractivity contribution in [3.05, 3.63) is 24.4 Å². The number of ether oxygens (including phenoxy) is 1. The summed E-state index contributed by atoms with van der Waals surface area (Å²) in [7, 11) is 0. The van der Waals surface area contributed by atoms with Crippen LogP contribution in [0.1, 0.15) is 6.92 Å². The van der Waals surface area contributed by atoms with Crippen molar-refractivity contribution < 1.29 is 14.3 Å². The maximum atomic E-state index is 11.3. The number of anilines is 1. The summed E-state index contributed by atoms with van der Waals surface area (Å²) in [6.45, 7) is 0.831. The van der Waals surface area contributed by atoms with Crippen molar-refractivity contribution >= 4 is 17.7 Å². The van der Waals surface area contributed by atoms with Crippen LogP contribution >= 0.6 is 0 Å². The number of carbonyl (C=O) groups is 2. The molecular weight excluding hydrogens is 198 g/mol. The van der Waals surface area contributed by atoms with Gasteiger partial charge in [0.15, 0.2) is 6.61 Å². The lowest BCUT2D eigenvalue weighted by Crippen LogP contribution is -2.40. The van der Waals surface area contributed by atoms with Gasteiger partial charge in [0.05, 0.1) is 0 Å². The summed E-state index contributed by atoms with van der Waals surface area (Å²) >= 11 is 0. The van der Waals surface area contributed by atoms with E-state index in [1.54, 1.807) is 18.2 Å². The third kappa shape index (κ3) is 3.35. The first kappa shape index (κ1) is 11.1. The van der Waals surface area contributed by atoms with E-state index in [1.165, 1.54) is 13.1 Å². The van der Waals surface area contributed by atoms with Crippen LogP contribution in [0.25, 0.3) is 0 Å². The first-order valence-electron chi connectivity index (χ1n) is 4.23. The van der Waals surface area contributed by atoms with Crippen molar-refractivity contribution in [1.29, 1.82) is 0 Å². The number of amides is 1. The monoisotopic (exact) mass is 209 g/mol. The van der Waals surface area contributed by atoms with Crippen molar-refractivity contribution in [2.75, 3.05) is 11.6 Å². The van der Waals surface area contributed by atoms with Gasteiger partial charge in [0, 0.05) is 13.1 Å². The summed E-state index contributed by atoms with van der Waals surface area (Å²) < 4.78 is 4.51. The van der Waals surface area contributed by atoms with Crippen LogP contribution in [0, 0.1) is 0 Å². The number of aromatic nitrogens is 1. The highest BCUT2D eigenvalue weighted by Crippen LogP contribution is 2.04. The molecule has 15 heavy (non-hydrogen) atoms. The predicted molar refractivity (Wildman–Crippen MR) is 52.5 cm³/mol. The van der Waals surface area contributed by atoms with Gasteiger partial charge in [-0.05, 0) is 12.1 Å². The molecule has 1 aromatic rings. The topological polar surface area (TPSA) is 85.5 Å². The van der Waals surface area contributed by atoms with E-state index >= 15 is 0 Å². The van der Waals surface area contributed by atoms with E-state index < -0.39 is 11.9 Å². The predicted octanol–water partition coefficient (Wildman–Crippen LogP) is -0.149. The van der Waals surface area contributed by atoms with Crippen molar-refractivity contribution in [3.8, 4) is 0 Å². The molecule has 1 aromatic heterocycles. The fourth-order valence-electron chi connectivity index (χ4n) is 0.857. The minimum atomic E-state index is -0.538. The smallest absolute Gasteiger partial charge is 0.303 e. The Morgan fingerprint density at radius 2 is 2.27 bits per heavy atom. The lowest BCUT2D eigenvalue weighted by Gasteiger charge is -2.14. The molecule has 0 fully saturated rings. The fraction of sp³-hybridized carbons (Fsp3) is 0.222. The van der Waals surface area contributed by atoms with Gasteiger partial charge in [-0.1, -0.05) is 6.07 Å². The zero-order valence-corrected chi connectivity index (χ0v) is 8.21. The number of rotatable bonds is 3. The average Bonchev–Trinajstić information content (AvgIpc) is 2.26. The first-order valence-corrected chi connectivity index (χ1v) is 4.23. The van der Waals surface area contributed by atoms with Gasteiger partial charge in [-0.3, -0.25) is 9.59 Å². The van der Waals surface area contributed by atoms with Crippen LogP contribution in [0.15, 0.2) is 24.4 Å². The van der Waals surface area contributed by atoms with Gasteiger partial charge in [-0.25, -0.2) is 15.8 Å². The van der Waals surface area contributed by atoms with Gasteiger partial charge in [0.25, 0.3) is 5.91 Å². The maximum absolute atomic E-state index is 11.3. The van der Waals surface area contributed by atoms with E-state index in [0.29, 0.717) is 5.82 Å². The second kappa shape index (κ2) is 5.06. The quantitative estimate of drug-likeness (QED) is 0.324. The molecule has 80 valence electrons. The molecule has 0 atom stereocenters.